The van der Waals surface area contributed by atoms with Gasteiger partial charge in [-0.2, -0.15) is 0 Å². The Hall–Kier alpha value is -1.34. The van der Waals surface area contributed by atoms with Gasteiger partial charge in [-0.3, -0.25) is 4.79 Å². The molecule has 18 heavy (non-hydrogen) atoms. The first-order valence-corrected chi connectivity index (χ1v) is 6.94. The van der Waals surface area contributed by atoms with E-state index in [4.69, 9.17) is 4.98 Å². The van der Waals surface area contributed by atoms with E-state index in [2.05, 4.69) is 32.6 Å². The number of rotatable bonds is 0. The first kappa shape index (κ1) is 13.1. The highest BCUT2D eigenvalue weighted by atomic mass is 32.1. The molecule has 0 atom stereocenters. The van der Waals surface area contributed by atoms with Gasteiger partial charge in [0.05, 0.1) is 17.2 Å². The molecule has 0 radical (unpaired) electrons. The smallest absolute Gasteiger partial charge is 0.298 e. The summed E-state index contributed by atoms with van der Waals surface area (Å²) in [5.41, 5.74) is 1.25. The zero-order valence-corrected chi connectivity index (χ0v) is 12.1. The Morgan fingerprint density at radius 1 is 1.44 bits per heavy atom. The van der Waals surface area contributed by atoms with Gasteiger partial charge in [-0.25, -0.2) is 4.98 Å². The molecule has 1 aliphatic rings. The Labute approximate surface area is 112 Å². The maximum Gasteiger partial charge on any atom is 0.298 e. The summed E-state index contributed by atoms with van der Waals surface area (Å²) in [6, 6.07) is 0. The quantitative estimate of drug-likeness (QED) is 0.672. The summed E-state index contributed by atoms with van der Waals surface area (Å²) in [5.74, 6) is 5.19. The van der Waals surface area contributed by atoms with Crippen LogP contribution >= 0.6 is 11.3 Å². The van der Waals surface area contributed by atoms with Gasteiger partial charge in [0.1, 0.15) is 0 Å². The molecule has 0 fully saturated rings. The third-order valence-electron chi connectivity index (χ3n) is 2.89. The Morgan fingerprint density at radius 2 is 2.17 bits per heavy atom. The number of carbonyl (C=O) groups is 1. The molecule has 0 unspecified atom stereocenters. The fraction of sp³-hybridized carbons (Fsp3) is 0.571. The van der Waals surface area contributed by atoms with Crippen LogP contribution in [-0.4, -0.2) is 22.3 Å². The average molecular weight is 262 g/mol. The van der Waals surface area contributed by atoms with E-state index >= 15 is 0 Å². The molecule has 0 bridgehead atoms. The molecule has 0 N–H and O–H groups in total. The number of hydrogen-bond donors (Lipinski definition) is 0. The first-order chi connectivity index (χ1) is 8.41. The van der Waals surface area contributed by atoms with Crippen LogP contribution in [0.25, 0.3) is 0 Å². The van der Waals surface area contributed by atoms with Crippen molar-refractivity contribution < 1.29 is 4.79 Å². The van der Waals surface area contributed by atoms with Crippen molar-refractivity contribution in [1.82, 2.24) is 9.88 Å². The molecular formula is C14H18N2OS. The zero-order valence-electron chi connectivity index (χ0n) is 11.3. The third-order valence-corrected chi connectivity index (χ3v) is 4.40. The van der Waals surface area contributed by atoms with Gasteiger partial charge in [0.2, 0.25) is 0 Å². The number of fused-ring (bicyclic) bond motifs is 1. The molecule has 2 rings (SSSR count). The summed E-state index contributed by atoms with van der Waals surface area (Å²) in [6.45, 7) is 9.59. The SMILES string of the molecule is CC#CC(=O)N1CCc2nc(C(C)(C)C)sc2C1. The average Bonchev–Trinajstić information content (AvgIpc) is 2.71. The monoisotopic (exact) mass is 262 g/mol. The third kappa shape index (κ3) is 2.56. The van der Waals surface area contributed by atoms with Crippen molar-refractivity contribution in [2.24, 2.45) is 0 Å². The second-order valence-corrected chi connectivity index (χ2v) is 6.57. The maximum absolute atomic E-state index is 11.7. The fourth-order valence-corrected chi connectivity index (χ4v) is 3.06. The molecule has 0 spiro atoms. The van der Waals surface area contributed by atoms with E-state index in [9.17, 15) is 4.79 Å². The van der Waals surface area contributed by atoms with Crippen molar-refractivity contribution in [2.45, 2.75) is 46.1 Å². The van der Waals surface area contributed by atoms with Crippen LogP contribution in [0.2, 0.25) is 0 Å². The summed E-state index contributed by atoms with van der Waals surface area (Å²) in [7, 11) is 0. The predicted octanol–water partition coefficient (Wildman–Crippen LogP) is 2.35. The van der Waals surface area contributed by atoms with E-state index in [1.54, 1.807) is 18.3 Å². The van der Waals surface area contributed by atoms with Crippen LogP contribution in [0.4, 0.5) is 0 Å². The van der Waals surface area contributed by atoms with Gasteiger partial charge < -0.3 is 4.90 Å². The van der Waals surface area contributed by atoms with Crippen molar-refractivity contribution in [3.63, 3.8) is 0 Å². The molecule has 96 valence electrons. The summed E-state index contributed by atoms with van der Waals surface area (Å²) in [6.07, 6.45) is 0.846. The van der Waals surface area contributed by atoms with Crippen LogP contribution in [0.15, 0.2) is 0 Å². The number of hydrogen-bond acceptors (Lipinski definition) is 3. The molecule has 1 amide bonds. The molecule has 0 saturated carbocycles. The Kier molecular flexibility index (Phi) is 3.45. The highest BCUT2D eigenvalue weighted by molar-refractivity contribution is 7.11. The molecule has 4 heteroatoms. The lowest BCUT2D eigenvalue weighted by Gasteiger charge is -2.23. The molecule has 0 aliphatic carbocycles. The number of nitrogens with zero attached hydrogens (tertiary/aromatic N) is 2. The molecule has 2 heterocycles. The second-order valence-electron chi connectivity index (χ2n) is 5.49. The van der Waals surface area contributed by atoms with Crippen LogP contribution in [0.3, 0.4) is 0 Å². The van der Waals surface area contributed by atoms with Crippen LogP contribution in [-0.2, 0) is 23.2 Å². The van der Waals surface area contributed by atoms with E-state index in [0.717, 1.165) is 18.0 Å². The predicted molar refractivity (Wildman–Crippen MR) is 73.4 cm³/mol. The Morgan fingerprint density at radius 3 is 2.78 bits per heavy atom. The standard InChI is InChI=1S/C14H18N2OS/c1-5-6-12(17)16-8-7-10-11(9-16)18-13(15-10)14(2,3)4/h7-9H2,1-4H3. The van der Waals surface area contributed by atoms with Crippen molar-refractivity contribution in [3.8, 4) is 11.8 Å². The summed E-state index contributed by atoms with van der Waals surface area (Å²) < 4.78 is 0. The first-order valence-electron chi connectivity index (χ1n) is 6.12. The van der Waals surface area contributed by atoms with E-state index in [0.29, 0.717) is 6.54 Å². The van der Waals surface area contributed by atoms with Crippen LogP contribution < -0.4 is 0 Å². The molecule has 1 aromatic rings. The topological polar surface area (TPSA) is 33.2 Å². The molecule has 3 nitrogen and oxygen atoms in total. The lowest BCUT2D eigenvalue weighted by Crippen LogP contribution is -2.34. The van der Waals surface area contributed by atoms with Crippen LogP contribution in [0.1, 0.15) is 43.3 Å². The highest BCUT2D eigenvalue weighted by Gasteiger charge is 2.26. The lowest BCUT2D eigenvalue weighted by atomic mass is 9.98. The summed E-state index contributed by atoms with van der Waals surface area (Å²) in [4.78, 5) is 19.5. The number of thiazole rings is 1. The van der Waals surface area contributed by atoms with E-state index < -0.39 is 0 Å². The van der Waals surface area contributed by atoms with Gasteiger partial charge in [-0.15, -0.1) is 11.3 Å². The Bertz CT molecular complexity index is 528. The van der Waals surface area contributed by atoms with Crippen molar-refractivity contribution in [2.75, 3.05) is 6.54 Å². The minimum absolute atomic E-state index is 0.0751. The van der Waals surface area contributed by atoms with Gasteiger partial charge in [-0.1, -0.05) is 26.7 Å². The molecule has 0 aromatic carbocycles. The van der Waals surface area contributed by atoms with Gasteiger partial charge in [0.25, 0.3) is 5.91 Å². The maximum atomic E-state index is 11.7. The number of amides is 1. The minimum Gasteiger partial charge on any atom is -0.326 e. The largest absolute Gasteiger partial charge is 0.326 e. The van der Waals surface area contributed by atoms with Crippen molar-refractivity contribution >= 4 is 17.2 Å². The lowest BCUT2D eigenvalue weighted by molar-refractivity contribution is -0.125. The van der Waals surface area contributed by atoms with Crippen molar-refractivity contribution in [3.05, 3.63) is 15.6 Å². The van der Waals surface area contributed by atoms with Crippen molar-refractivity contribution in [1.29, 1.82) is 0 Å². The van der Waals surface area contributed by atoms with Gasteiger partial charge in [-0.05, 0) is 12.8 Å². The summed E-state index contributed by atoms with van der Waals surface area (Å²) >= 11 is 1.73. The van der Waals surface area contributed by atoms with E-state index in [1.807, 2.05) is 4.90 Å². The van der Waals surface area contributed by atoms with Gasteiger partial charge >= 0.3 is 0 Å². The van der Waals surface area contributed by atoms with E-state index in [-0.39, 0.29) is 11.3 Å². The van der Waals surface area contributed by atoms with Gasteiger partial charge in [0.15, 0.2) is 0 Å². The molecule has 0 saturated heterocycles. The fourth-order valence-electron chi connectivity index (χ4n) is 1.88. The second kappa shape index (κ2) is 4.74. The minimum atomic E-state index is -0.0751. The number of carbonyl (C=O) groups excluding carboxylic acids is 1. The Balaban J connectivity index is 2.21. The normalized spacial score (nSPS) is 14.8. The van der Waals surface area contributed by atoms with Crippen LogP contribution in [0.5, 0.6) is 0 Å². The molecule has 1 aliphatic heterocycles. The van der Waals surface area contributed by atoms with E-state index in [1.165, 1.54) is 10.6 Å². The van der Waals surface area contributed by atoms with Crippen LogP contribution in [0, 0.1) is 11.8 Å². The molecular weight excluding hydrogens is 244 g/mol. The zero-order chi connectivity index (χ0) is 13.3. The molecule has 1 aromatic heterocycles. The number of aromatic nitrogens is 1. The highest BCUT2D eigenvalue weighted by Crippen LogP contribution is 2.32. The van der Waals surface area contributed by atoms with Gasteiger partial charge in [0, 0.05) is 23.3 Å². The summed E-state index contributed by atoms with van der Waals surface area (Å²) in [5, 5.41) is 1.16.